The number of nitrogens with one attached hydrogen (secondary N) is 1. The molecule has 0 aliphatic carbocycles. The van der Waals surface area contributed by atoms with Crippen LogP contribution in [0, 0.1) is 0 Å². The fraction of sp³-hybridized carbons (Fsp3) is 0.625. The van der Waals surface area contributed by atoms with Gasteiger partial charge in [-0.2, -0.15) is 0 Å². The fourth-order valence-electron chi connectivity index (χ4n) is 2.34. The molecule has 0 amide bonds. The Morgan fingerprint density at radius 3 is 2.50 bits per heavy atom. The predicted octanol–water partition coefficient (Wildman–Crippen LogP) is 4.20. The average Bonchev–Trinajstić information content (AvgIpc) is 2.47. The molecule has 114 valence electrons. The lowest BCUT2D eigenvalue weighted by Gasteiger charge is -2.27. The summed E-state index contributed by atoms with van der Waals surface area (Å²) in [5.74, 6) is 0.707. The van der Waals surface area contributed by atoms with Gasteiger partial charge in [-0.25, -0.2) is 0 Å². The molecule has 0 heterocycles. The smallest absolute Gasteiger partial charge is 0.137 e. The van der Waals surface area contributed by atoms with Gasteiger partial charge in [0.1, 0.15) is 5.75 Å². The van der Waals surface area contributed by atoms with Crippen molar-refractivity contribution in [2.24, 2.45) is 0 Å². The summed E-state index contributed by atoms with van der Waals surface area (Å²) in [6, 6.07) is 6.08. The van der Waals surface area contributed by atoms with E-state index in [0.29, 0.717) is 10.8 Å². The molecule has 1 N–H and O–H groups in total. The van der Waals surface area contributed by atoms with Crippen molar-refractivity contribution < 1.29 is 9.47 Å². The molecular weight excluding hydrogens is 274 g/mol. The normalized spacial score (nSPS) is 14.1. The summed E-state index contributed by atoms with van der Waals surface area (Å²) in [4.78, 5) is 0. The molecule has 2 unspecified atom stereocenters. The highest BCUT2D eigenvalue weighted by atomic mass is 35.5. The first-order chi connectivity index (χ1) is 9.67. The van der Waals surface area contributed by atoms with Gasteiger partial charge in [0.05, 0.1) is 24.3 Å². The molecule has 4 heteroatoms. The molecule has 1 rings (SSSR count). The molecule has 0 bridgehead atoms. The topological polar surface area (TPSA) is 30.5 Å². The Morgan fingerprint density at radius 1 is 1.20 bits per heavy atom. The Labute approximate surface area is 127 Å². The van der Waals surface area contributed by atoms with Crippen LogP contribution in [0.5, 0.6) is 5.75 Å². The molecule has 0 aliphatic rings. The van der Waals surface area contributed by atoms with Crippen LogP contribution in [0.4, 0.5) is 0 Å². The molecule has 3 nitrogen and oxygen atoms in total. The maximum absolute atomic E-state index is 6.10. The third kappa shape index (κ3) is 4.65. The number of halogens is 1. The van der Waals surface area contributed by atoms with Gasteiger partial charge in [-0.15, -0.1) is 0 Å². The van der Waals surface area contributed by atoms with Gasteiger partial charge in [-0.1, -0.05) is 37.9 Å². The van der Waals surface area contributed by atoms with Gasteiger partial charge < -0.3 is 14.8 Å². The largest absolute Gasteiger partial charge is 0.495 e. The van der Waals surface area contributed by atoms with Crippen molar-refractivity contribution in [2.75, 3.05) is 20.8 Å². The number of methoxy groups -OCH3 is 2. The summed E-state index contributed by atoms with van der Waals surface area (Å²) < 4.78 is 11.0. The second-order valence-electron chi connectivity index (χ2n) is 4.89. The summed E-state index contributed by atoms with van der Waals surface area (Å²) in [5.41, 5.74) is 1.15. The zero-order valence-electron chi connectivity index (χ0n) is 12.9. The van der Waals surface area contributed by atoms with Crippen LogP contribution >= 0.6 is 11.6 Å². The second-order valence-corrected chi connectivity index (χ2v) is 5.30. The van der Waals surface area contributed by atoms with E-state index in [0.717, 1.165) is 31.4 Å². The SMILES string of the molecule is CCCNC(c1ccc(Cl)c(OC)c1)C(CCC)OC. The minimum atomic E-state index is 0.150. The highest BCUT2D eigenvalue weighted by Gasteiger charge is 2.22. The Morgan fingerprint density at radius 2 is 1.95 bits per heavy atom. The van der Waals surface area contributed by atoms with Gasteiger partial charge >= 0.3 is 0 Å². The fourth-order valence-corrected chi connectivity index (χ4v) is 2.53. The van der Waals surface area contributed by atoms with Crippen molar-refractivity contribution in [1.82, 2.24) is 5.32 Å². The van der Waals surface area contributed by atoms with E-state index in [2.05, 4.69) is 19.2 Å². The Bertz CT molecular complexity index is 398. The van der Waals surface area contributed by atoms with Gasteiger partial charge in [0.2, 0.25) is 0 Å². The summed E-state index contributed by atoms with van der Waals surface area (Å²) in [5, 5.41) is 4.20. The van der Waals surface area contributed by atoms with Crippen molar-refractivity contribution in [3.8, 4) is 5.75 Å². The summed E-state index contributed by atoms with van der Waals surface area (Å²) in [6.07, 6.45) is 3.34. The van der Waals surface area contributed by atoms with Gasteiger partial charge in [-0.05, 0) is 37.1 Å². The van der Waals surface area contributed by atoms with E-state index < -0.39 is 0 Å². The van der Waals surface area contributed by atoms with Crippen molar-refractivity contribution in [3.05, 3.63) is 28.8 Å². The molecule has 0 aliphatic heterocycles. The molecule has 0 aromatic heterocycles. The monoisotopic (exact) mass is 299 g/mol. The standard InChI is InChI=1S/C16H26ClNO2/c1-5-7-14(19-3)16(18-10-6-2)12-8-9-13(17)15(11-12)20-4/h8-9,11,14,16,18H,5-7,10H2,1-4H3. The van der Waals surface area contributed by atoms with Gasteiger partial charge in [0, 0.05) is 7.11 Å². The van der Waals surface area contributed by atoms with E-state index in [-0.39, 0.29) is 12.1 Å². The molecule has 1 aromatic rings. The van der Waals surface area contributed by atoms with E-state index in [9.17, 15) is 0 Å². The Balaban J connectivity index is 3.02. The van der Waals surface area contributed by atoms with Crippen LogP contribution < -0.4 is 10.1 Å². The van der Waals surface area contributed by atoms with Gasteiger partial charge in [0.15, 0.2) is 0 Å². The second kappa shape index (κ2) is 9.22. The van der Waals surface area contributed by atoms with Crippen LogP contribution in [-0.4, -0.2) is 26.9 Å². The predicted molar refractivity (Wildman–Crippen MR) is 84.7 cm³/mol. The summed E-state index contributed by atoms with van der Waals surface area (Å²) in [7, 11) is 3.41. The quantitative estimate of drug-likeness (QED) is 0.741. The lowest BCUT2D eigenvalue weighted by Crippen LogP contribution is -2.33. The minimum Gasteiger partial charge on any atom is -0.495 e. The highest BCUT2D eigenvalue weighted by Crippen LogP contribution is 2.30. The van der Waals surface area contributed by atoms with E-state index in [1.54, 1.807) is 14.2 Å². The lowest BCUT2D eigenvalue weighted by atomic mass is 9.97. The average molecular weight is 300 g/mol. The molecule has 20 heavy (non-hydrogen) atoms. The van der Waals surface area contributed by atoms with Crippen molar-refractivity contribution in [2.45, 2.75) is 45.3 Å². The molecular formula is C16H26ClNO2. The third-order valence-electron chi connectivity index (χ3n) is 3.40. The highest BCUT2D eigenvalue weighted by molar-refractivity contribution is 6.32. The first-order valence-corrected chi connectivity index (χ1v) is 7.65. The first-order valence-electron chi connectivity index (χ1n) is 7.27. The van der Waals surface area contributed by atoms with Crippen molar-refractivity contribution in [3.63, 3.8) is 0 Å². The molecule has 0 saturated carbocycles. The van der Waals surface area contributed by atoms with Crippen molar-refractivity contribution >= 4 is 11.6 Å². The molecule has 0 spiro atoms. The first kappa shape index (κ1) is 17.3. The number of benzene rings is 1. The van der Waals surface area contributed by atoms with E-state index in [1.807, 2.05) is 18.2 Å². The zero-order chi connectivity index (χ0) is 15.0. The molecule has 0 radical (unpaired) electrons. The van der Waals surface area contributed by atoms with Crippen LogP contribution in [0.15, 0.2) is 18.2 Å². The van der Waals surface area contributed by atoms with Crippen LogP contribution in [0.3, 0.4) is 0 Å². The van der Waals surface area contributed by atoms with Gasteiger partial charge in [-0.3, -0.25) is 0 Å². The molecule has 2 atom stereocenters. The number of hydrogen-bond donors (Lipinski definition) is 1. The minimum absolute atomic E-state index is 0.150. The Hall–Kier alpha value is -0.770. The number of rotatable bonds is 9. The molecule has 0 saturated heterocycles. The molecule has 0 fully saturated rings. The van der Waals surface area contributed by atoms with Crippen molar-refractivity contribution in [1.29, 1.82) is 0 Å². The Kier molecular flexibility index (Phi) is 7.97. The summed E-state index contributed by atoms with van der Waals surface area (Å²) >= 11 is 6.10. The number of hydrogen-bond acceptors (Lipinski definition) is 3. The third-order valence-corrected chi connectivity index (χ3v) is 3.71. The van der Waals surface area contributed by atoms with E-state index in [4.69, 9.17) is 21.1 Å². The van der Waals surface area contributed by atoms with Crippen LogP contribution in [-0.2, 0) is 4.74 Å². The molecule has 1 aromatic carbocycles. The van der Waals surface area contributed by atoms with Crippen LogP contribution in [0.2, 0.25) is 5.02 Å². The van der Waals surface area contributed by atoms with E-state index >= 15 is 0 Å². The van der Waals surface area contributed by atoms with Crippen LogP contribution in [0.25, 0.3) is 0 Å². The van der Waals surface area contributed by atoms with Gasteiger partial charge in [0.25, 0.3) is 0 Å². The maximum atomic E-state index is 6.10. The lowest BCUT2D eigenvalue weighted by molar-refractivity contribution is 0.0605. The van der Waals surface area contributed by atoms with Crippen LogP contribution in [0.1, 0.15) is 44.7 Å². The number of ether oxygens (including phenoxy) is 2. The summed E-state index contributed by atoms with van der Waals surface area (Å²) in [6.45, 7) is 5.29. The van der Waals surface area contributed by atoms with E-state index in [1.165, 1.54) is 0 Å². The maximum Gasteiger partial charge on any atom is 0.137 e. The zero-order valence-corrected chi connectivity index (χ0v) is 13.7.